The second-order valence-electron chi connectivity index (χ2n) is 9.02. The van der Waals surface area contributed by atoms with E-state index in [1.54, 1.807) is 18.0 Å². The first-order valence-corrected chi connectivity index (χ1v) is 13.2. The standard InChI is InChI=1S/C26H24F4N6OS/c1-38-19-7-4-16(5-8-19)12-31-25(37)17-3-2-10-35(13-17)24-20-14-36(34-23(20)32-15-33-24)18-6-9-21(22(27)11-18)26(28,29)30/h4-9,11,14-15,17H,2-3,10,12-13H2,1H3,(H,31,37)/t17-/m1/s1. The van der Waals surface area contributed by atoms with Crippen molar-refractivity contribution >= 4 is 34.5 Å². The number of piperidine rings is 1. The normalized spacial score (nSPS) is 16.1. The molecule has 1 amide bonds. The van der Waals surface area contributed by atoms with Crippen LogP contribution in [-0.2, 0) is 17.5 Å². The Morgan fingerprint density at radius 1 is 1.16 bits per heavy atom. The number of carbonyl (C=O) groups is 1. The molecule has 1 aliphatic heterocycles. The highest BCUT2D eigenvalue weighted by molar-refractivity contribution is 7.98. The third-order valence-corrected chi connectivity index (χ3v) is 7.28. The van der Waals surface area contributed by atoms with E-state index in [1.165, 1.54) is 11.0 Å². The number of hydrogen-bond acceptors (Lipinski definition) is 6. The van der Waals surface area contributed by atoms with Gasteiger partial charge in [0.2, 0.25) is 5.91 Å². The van der Waals surface area contributed by atoms with Crippen LogP contribution in [0.2, 0.25) is 0 Å². The summed E-state index contributed by atoms with van der Waals surface area (Å²) in [6.45, 7) is 1.56. The molecule has 5 rings (SSSR count). The van der Waals surface area contributed by atoms with E-state index in [0.29, 0.717) is 42.6 Å². The molecular weight excluding hydrogens is 520 g/mol. The molecule has 7 nitrogen and oxygen atoms in total. The van der Waals surface area contributed by atoms with Gasteiger partial charge >= 0.3 is 6.18 Å². The van der Waals surface area contributed by atoms with Crippen LogP contribution in [0, 0.1) is 11.7 Å². The number of alkyl halides is 3. The number of rotatable bonds is 6. The number of nitrogens with one attached hydrogen (secondary N) is 1. The summed E-state index contributed by atoms with van der Waals surface area (Å²) < 4.78 is 54.3. The zero-order valence-corrected chi connectivity index (χ0v) is 21.2. The number of aromatic nitrogens is 4. The molecule has 1 saturated heterocycles. The van der Waals surface area contributed by atoms with Crippen molar-refractivity contribution in [2.45, 2.75) is 30.5 Å². The van der Waals surface area contributed by atoms with Gasteiger partial charge in [-0.3, -0.25) is 4.79 Å². The molecule has 0 bridgehead atoms. The van der Waals surface area contributed by atoms with Crippen molar-refractivity contribution in [3.63, 3.8) is 0 Å². The average molecular weight is 545 g/mol. The highest BCUT2D eigenvalue weighted by Gasteiger charge is 2.34. The quantitative estimate of drug-likeness (QED) is 0.265. The summed E-state index contributed by atoms with van der Waals surface area (Å²) in [7, 11) is 0. The van der Waals surface area contributed by atoms with Crippen LogP contribution in [-0.4, -0.2) is 45.0 Å². The van der Waals surface area contributed by atoms with Gasteiger partial charge in [0.15, 0.2) is 5.65 Å². The second-order valence-corrected chi connectivity index (χ2v) is 9.90. The number of nitrogens with zero attached hydrogens (tertiary/aromatic N) is 5. The Bertz CT molecular complexity index is 1460. The Balaban J connectivity index is 1.32. The molecule has 4 aromatic rings. The smallest absolute Gasteiger partial charge is 0.355 e. The molecule has 1 atom stereocenters. The minimum Gasteiger partial charge on any atom is -0.355 e. The topological polar surface area (TPSA) is 75.9 Å². The van der Waals surface area contributed by atoms with E-state index >= 15 is 0 Å². The van der Waals surface area contributed by atoms with Crippen LogP contribution < -0.4 is 10.2 Å². The van der Waals surface area contributed by atoms with Crippen LogP contribution in [0.3, 0.4) is 0 Å². The first-order chi connectivity index (χ1) is 18.2. The van der Waals surface area contributed by atoms with E-state index in [0.717, 1.165) is 35.4 Å². The van der Waals surface area contributed by atoms with Crippen molar-refractivity contribution in [2.75, 3.05) is 24.2 Å². The summed E-state index contributed by atoms with van der Waals surface area (Å²) in [5.41, 5.74) is 0.123. The molecule has 2 aromatic carbocycles. The average Bonchev–Trinajstić information content (AvgIpc) is 3.36. The lowest BCUT2D eigenvalue weighted by molar-refractivity contribution is -0.140. The number of hydrogen-bond donors (Lipinski definition) is 1. The van der Waals surface area contributed by atoms with Crippen LogP contribution in [0.1, 0.15) is 24.0 Å². The van der Waals surface area contributed by atoms with Gasteiger partial charge in [0, 0.05) is 36.8 Å². The SMILES string of the molecule is CSc1ccc(CNC(=O)[C@@H]2CCCN(c3ncnc4nn(-c5ccc(C(F)(F)F)c(F)c5)cc34)C2)cc1. The third kappa shape index (κ3) is 5.45. The van der Waals surface area contributed by atoms with Crippen LogP contribution >= 0.6 is 11.8 Å². The van der Waals surface area contributed by atoms with Crippen molar-refractivity contribution in [2.24, 2.45) is 5.92 Å². The molecule has 12 heteroatoms. The molecule has 0 saturated carbocycles. The molecular formula is C26H24F4N6OS. The predicted octanol–water partition coefficient (Wildman–Crippen LogP) is 5.23. The second kappa shape index (κ2) is 10.6. The Hall–Kier alpha value is -3.67. The maximum Gasteiger partial charge on any atom is 0.419 e. The Labute approximate surface area is 220 Å². The molecule has 0 aliphatic carbocycles. The molecule has 1 fully saturated rings. The van der Waals surface area contributed by atoms with Gasteiger partial charge in [-0.05, 0) is 48.9 Å². The van der Waals surface area contributed by atoms with Gasteiger partial charge < -0.3 is 10.2 Å². The zero-order valence-electron chi connectivity index (χ0n) is 20.4. The van der Waals surface area contributed by atoms with E-state index in [2.05, 4.69) is 20.4 Å². The van der Waals surface area contributed by atoms with E-state index in [-0.39, 0.29) is 17.5 Å². The highest BCUT2D eigenvalue weighted by Crippen LogP contribution is 2.33. The lowest BCUT2D eigenvalue weighted by atomic mass is 9.97. The van der Waals surface area contributed by atoms with Gasteiger partial charge in [0.05, 0.1) is 22.6 Å². The number of anilines is 1. The monoisotopic (exact) mass is 544 g/mol. The van der Waals surface area contributed by atoms with E-state index in [1.807, 2.05) is 35.4 Å². The Kier molecular flexibility index (Phi) is 7.24. The summed E-state index contributed by atoms with van der Waals surface area (Å²) in [6.07, 6.45) is 1.66. The van der Waals surface area contributed by atoms with E-state index in [9.17, 15) is 22.4 Å². The number of fused-ring (bicyclic) bond motifs is 1. The Morgan fingerprint density at radius 2 is 1.95 bits per heavy atom. The van der Waals surface area contributed by atoms with Gasteiger partial charge in [-0.2, -0.15) is 13.2 Å². The van der Waals surface area contributed by atoms with Gasteiger partial charge in [-0.25, -0.2) is 19.0 Å². The summed E-state index contributed by atoms with van der Waals surface area (Å²) in [5, 5.41) is 7.89. The van der Waals surface area contributed by atoms with Crippen molar-refractivity contribution in [3.8, 4) is 5.69 Å². The molecule has 1 N–H and O–H groups in total. The van der Waals surface area contributed by atoms with E-state index < -0.39 is 17.6 Å². The number of benzene rings is 2. The first kappa shape index (κ1) is 26.0. The molecule has 1 aliphatic rings. The maximum absolute atomic E-state index is 14.1. The minimum atomic E-state index is -4.79. The van der Waals surface area contributed by atoms with Gasteiger partial charge in [-0.1, -0.05) is 12.1 Å². The molecule has 3 heterocycles. The van der Waals surface area contributed by atoms with Crippen molar-refractivity contribution in [1.29, 1.82) is 0 Å². The number of thioether (sulfide) groups is 1. The van der Waals surface area contributed by atoms with Gasteiger partial charge in [0.25, 0.3) is 0 Å². The van der Waals surface area contributed by atoms with Gasteiger partial charge in [0.1, 0.15) is 18.0 Å². The molecule has 0 unspecified atom stereocenters. The van der Waals surface area contributed by atoms with Crippen molar-refractivity contribution in [3.05, 3.63) is 71.9 Å². The van der Waals surface area contributed by atoms with E-state index in [4.69, 9.17) is 0 Å². The fourth-order valence-electron chi connectivity index (χ4n) is 4.55. The summed E-state index contributed by atoms with van der Waals surface area (Å²) >= 11 is 1.66. The van der Waals surface area contributed by atoms with Crippen LogP contribution in [0.25, 0.3) is 16.7 Å². The minimum absolute atomic E-state index is 0.0372. The molecule has 0 radical (unpaired) electrons. The Morgan fingerprint density at radius 3 is 2.66 bits per heavy atom. The lowest BCUT2D eigenvalue weighted by Gasteiger charge is -2.33. The summed E-state index contributed by atoms with van der Waals surface area (Å²) in [6, 6.07) is 10.7. The number of amides is 1. The lowest BCUT2D eigenvalue weighted by Crippen LogP contribution is -2.43. The fraction of sp³-hybridized carbons (Fsp3) is 0.308. The summed E-state index contributed by atoms with van der Waals surface area (Å²) in [5.74, 6) is -1.09. The largest absolute Gasteiger partial charge is 0.419 e. The predicted molar refractivity (Wildman–Crippen MR) is 137 cm³/mol. The van der Waals surface area contributed by atoms with Gasteiger partial charge in [-0.15, -0.1) is 16.9 Å². The zero-order chi connectivity index (χ0) is 26.9. The third-order valence-electron chi connectivity index (χ3n) is 6.54. The highest BCUT2D eigenvalue weighted by atomic mass is 32.2. The van der Waals surface area contributed by atoms with Crippen LogP contribution in [0.15, 0.2) is 59.9 Å². The van der Waals surface area contributed by atoms with Crippen LogP contribution in [0.4, 0.5) is 23.4 Å². The molecule has 2 aromatic heterocycles. The molecule has 38 heavy (non-hydrogen) atoms. The molecule has 198 valence electrons. The number of carbonyl (C=O) groups excluding carboxylic acids is 1. The van der Waals surface area contributed by atoms with Crippen LogP contribution in [0.5, 0.6) is 0 Å². The first-order valence-electron chi connectivity index (χ1n) is 12.0. The van der Waals surface area contributed by atoms with Crippen molar-refractivity contribution in [1.82, 2.24) is 25.1 Å². The summed E-state index contributed by atoms with van der Waals surface area (Å²) in [4.78, 5) is 24.7. The maximum atomic E-state index is 14.1. The van der Waals surface area contributed by atoms with Crippen molar-refractivity contribution < 1.29 is 22.4 Å². The molecule has 0 spiro atoms. The fourth-order valence-corrected chi connectivity index (χ4v) is 4.96. The number of halogens is 4.